The lowest BCUT2D eigenvalue weighted by atomic mass is 10.0. The van der Waals surface area contributed by atoms with E-state index in [1.54, 1.807) is 12.4 Å². The lowest BCUT2D eigenvalue weighted by Crippen LogP contribution is -1.98. The smallest absolute Gasteiger partial charge is 0.0991 e. The molecule has 46 heavy (non-hydrogen) atoms. The number of rotatable bonds is 4. The molecule has 0 amide bonds. The van der Waals surface area contributed by atoms with Crippen molar-refractivity contribution in [1.29, 1.82) is 5.26 Å². The first-order valence-electron chi connectivity index (χ1n) is 15.4. The zero-order valence-corrected chi connectivity index (χ0v) is 24.8. The maximum atomic E-state index is 9.71. The van der Waals surface area contributed by atoms with Gasteiger partial charge in [-0.1, -0.05) is 72.8 Å². The van der Waals surface area contributed by atoms with Crippen LogP contribution in [0, 0.1) is 11.3 Å². The summed E-state index contributed by atoms with van der Waals surface area (Å²) in [6.45, 7) is 0. The molecule has 0 aliphatic heterocycles. The number of nitriles is 1. The normalized spacial score (nSPS) is 11.5. The molecule has 6 aromatic carbocycles. The monoisotopic (exact) mass is 586 g/mol. The number of pyridine rings is 1. The first kappa shape index (κ1) is 26.0. The minimum Gasteiger partial charge on any atom is -0.309 e. The Morgan fingerprint density at radius 2 is 1.02 bits per heavy atom. The van der Waals surface area contributed by atoms with Gasteiger partial charge in [-0.15, -0.1) is 0 Å². The quantitative estimate of drug-likeness (QED) is 0.206. The Hall–Kier alpha value is -6.44. The molecule has 0 N–H and O–H groups in total. The summed E-state index contributed by atoms with van der Waals surface area (Å²) in [6.07, 6.45) is 3.59. The van der Waals surface area contributed by atoms with Crippen LogP contribution >= 0.6 is 0 Å². The number of aromatic nitrogens is 3. The summed E-state index contributed by atoms with van der Waals surface area (Å²) in [5.41, 5.74) is 11.8. The second-order valence-corrected chi connectivity index (χ2v) is 11.6. The van der Waals surface area contributed by atoms with Crippen LogP contribution in [0.4, 0.5) is 0 Å². The summed E-state index contributed by atoms with van der Waals surface area (Å²) in [5, 5.41) is 14.6. The van der Waals surface area contributed by atoms with E-state index in [-0.39, 0.29) is 0 Å². The molecule has 0 spiro atoms. The van der Waals surface area contributed by atoms with Crippen molar-refractivity contribution in [2.45, 2.75) is 0 Å². The molecule has 0 saturated heterocycles. The Morgan fingerprint density at radius 1 is 0.457 bits per heavy atom. The average Bonchev–Trinajstić information content (AvgIpc) is 3.64. The van der Waals surface area contributed by atoms with Gasteiger partial charge in [-0.05, 0) is 89.5 Å². The van der Waals surface area contributed by atoms with Crippen LogP contribution in [-0.2, 0) is 0 Å². The van der Waals surface area contributed by atoms with Crippen LogP contribution in [0.15, 0.2) is 158 Å². The SMILES string of the molecule is N#Cc1ccc(-n2c3ccccc3c3cc(-c4ccc(-n5c6ccccc6c6ccccc65)cc4)ccc32)c(-c2ccncc2)c1. The largest absolute Gasteiger partial charge is 0.309 e. The summed E-state index contributed by atoms with van der Waals surface area (Å²) in [6, 6.07) is 53.6. The highest BCUT2D eigenvalue weighted by molar-refractivity contribution is 6.11. The molecule has 4 heteroatoms. The van der Waals surface area contributed by atoms with Crippen LogP contribution in [0.3, 0.4) is 0 Å². The highest BCUT2D eigenvalue weighted by Crippen LogP contribution is 2.39. The van der Waals surface area contributed by atoms with Crippen molar-refractivity contribution in [3.05, 3.63) is 164 Å². The minimum atomic E-state index is 0.628. The van der Waals surface area contributed by atoms with Crippen LogP contribution in [0.2, 0.25) is 0 Å². The molecule has 9 aromatic rings. The van der Waals surface area contributed by atoms with E-state index < -0.39 is 0 Å². The Kier molecular flexibility index (Phi) is 5.84. The molecular formula is C42H26N4. The molecule has 0 aliphatic rings. The minimum absolute atomic E-state index is 0.628. The zero-order chi connectivity index (χ0) is 30.6. The van der Waals surface area contributed by atoms with Crippen LogP contribution in [-0.4, -0.2) is 14.1 Å². The van der Waals surface area contributed by atoms with Gasteiger partial charge in [0.05, 0.1) is 39.4 Å². The third kappa shape index (κ3) is 3.96. The third-order valence-electron chi connectivity index (χ3n) is 9.07. The van der Waals surface area contributed by atoms with E-state index in [4.69, 9.17) is 0 Å². The maximum Gasteiger partial charge on any atom is 0.0991 e. The van der Waals surface area contributed by atoms with E-state index in [1.807, 2.05) is 24.3 Å². The molecule has 0 radical (unpaired) electrons. The van der Waals surface area contributed by atoms with Gasteiger partial charge in [0.15, 0.2) is 0 Å². The van der Waals surface area contributed by atoms with Gasteiger partial charge in [0, 0.05) is 45.2 Å². The molecule has 4 nitrogen and oxygen atoms in total. The van der Waals surface area contributed by atoms with E-state index in [2.05, 4.69) is 142 Å². The highest BCUT2D eigenvalue weighted by Gasteiger charge is 2.17. The van der Waals surface area contributed by atoms with E-state index in [0.717, 1.165) is 33.5 Å². The first-order chi connectivity index (χ1) is 22.8. The second-order valence-electron chi connectivity index (χ2n) is 11.6. The standard InChI is InChI=1S/C42H26N4/c43-27-28-13-19-41(36(25-28)30-21-23-44-24-22-30)46-40-12-6-3-9-35(40)37-26-31(16-20-42(37)46)29-14-17-32(18-15-29)45-38-10-4-1-7-33(38)34-8-2-5-11-39(34)45/h1-26H. The third-order valence-corrected chi connectivity index (χ3v) is 9.07. The second kappa shape index (κ2) is 10.3. The Bertz CT molecular complexity index is 2580. The van der Waals surface area contributed by atoms with Crippen LogP contribution in [0.5, 0.6) is 0 Å². The number of para-hydroxylation sites is 3. The van der Waals surface area contributed by atoms with E-state index in [9.17, 15) is 5.26 Å². The van der Waals surface area contributed by atoms with Crippen molar-refractivity contribution in [2.24, 2.45) is 0 Å². The highest BCUT2D eigenvalue weighted by atomic mass is 15.0. The van der Waals surface area contributed by atoms with Gasteiger partial charge >= 0.3 is 0 Å². The fraction of sp³-hybridized carbons (Fsp3) is 0. The van der Waals surface area contributed by atoms with Crippen molar-refractivity contribution in [3.8, 4) is 39.7 Å². The van der Waals surface area contributed by atoms with Crippen LogP contribution < -0.4 is 0 Å². The van der Waals surface area contributed by atoms with E-state index >= 15 is 0 Å². The molecule has 0 unspecified atom stereocenters. The molecule has 0 atom stereocenters. The number of benzene rings is 6. The zero-order valence-electron chi connectivity index (χ0n) is 24.8. The van der Waals surface area contributed by atoms with Gasteiger partial charge in [0.25, 0.3) is 0 Å². The molecule has 0 saturated carbocycles. The Morgan fingerprint density at radius 3 is 1.67 bits per heavy atom. The van der Waals surface area contributed by atoms with Gasteiger partial charge in [-0.25, -0.2) is 0 Å². The first-order valence-corrected chi connectivity index (χ1v) is 15.4. The fourth-order valence-corrected chi connectivity index (χ4v) is 6.98. The lowest BCUT2D eigenvalue weighted by Gasteiger charge is -2.14. The van der Waals surface area contributed by atoms with Crippen molar-refractivity contribution in [2.75, 3.05) is 0 Å². The van der Waals surface area contributed by atoms with Crippen molar-refractivity contribution >= 4 is 43.6 Å². The van der Waals surface area contributed by atoms with Gasteiger partial charge in [0.1, 0.15) is 0 Å². The summed E-state index contributed by atoms with van der Waals surface area (Å²) in [7, 11) is 0. The molecule has 0 fully saturated rings. The fourth-order valence-electron chi connectivity index (χ4n) is 6.98. The summed E-state index contributed by atoms with van der Waals surface area (Å²) >= 11 is 0. The van der Waals surface area contributed by atoms with Gasteiger partial charge in [-0.3, -0.25) is 4.98 Å². The average molecular weight is 587 g/mol. The summed E-state index contributed by atoms with van der Waals surface area (Å²) in [5.74, 6) is 0. The molecule has 3 aromatic heterocycles. The van der Waals surface area contributed by atoms with Crippen LogP contribution in [0.25, 0.3) is 77.2 Å². The molecule has 3 heterocycles. The predicted molar refractivity (Wildman–Crippen MR) is 189 cm³/mol. The van der Waals surface area contributed by atoms with E-state index in [0.29, 0.717) is 5.56 Å². The Labute approximate surface area is 265 Å². The molecule has 214 valence electrons. The topological polar surface area (TPSA) is 46.5 Å². The van der Waals surface area contributed by atoms with Gasteiger partial charge in [-0.2, -0.15) is 5.26 Å². The van der Waals surface area contributed by atoms with E-state index in [1.165, 1.54) is 43.7 Å². The predicted octanol–water partition coefficient (Wildman–Crippen LogP) is 10.5. The Balaban J connectivity index is 1.19. The molecule has 9 rings (SSSR count). The van der Waals surface area contributed by atoms with Crippen molar-refractivity contribution < 1.29 is 0 Å². The number of fused-ring (bicyclic) bond motifs is 6. The lowest BCUT2D eigenvalue weighted by molar-refractivity contribution is 1.18. The summed E-state index contributed by atoms with van der Waals surface area (Å²) in [4.78, 5) is 4.22. The number of hydrogen-bond donors (Lipinski definition) is 0. The molecular weight excluding hydrogens is 560 g/mol. The number of nitrogens with zero attached hydrogens (tertiary/aromatic N) is 4. The maximum absolute atomic E-state index is 9.71. The van der Waals surface area contributed by atoms with Crippen molar-refractivity contribution in [1.82, 2.24) is 14.1 Å². The van der Waals surface area contributed by atoms with Crippen LogP contribution in [0.1, 0.15) is 5.56 Å². The number of hydrogen-bond acceptors (Lipinski definition) is 2. The van der Waals surface area contributed by atoms with Crippen molar-refractivity contribution in [3.63, 3.8) is 0 Å². The van der Waals surface area contributed by atoms with Gasteiger partial charge in [0.2, 0.25) is 0 Å². The molecule has 0 bridgehead atoms. The molecule has 0 aliphatic carbocycles. The van der Waals surface area contributed by atoms with Gasteiger partial charge < -0.3 is 9.13 Å². The summed E-state index contributed by atoms with van der Waals surface area (Å²) < 4.78 is 4.67.